The average Bonchev–Trinajstić information content (AvgIpc) is 2.38. The molecule has 0 aliphatic rings. The number of rotatable bonds is 4. The highest BCUT2D eigenvalue weighted by atomic mass is 79.9. The summed E-state index contributed by atoms with van der Waals surface area (Å²) in [6, 6.07) is 9.50. The van der Waals surface area contributed by atoms with Gasteiger partial charge in [0, 0.05) is 16.1 Å². The number of nitrogens with two attached hydrogens (primary N) is 1. The van der Waals surface area contributed by atoms with Crippen LogP contribution < -0.4 is 10.5 Å². The van der Waals surface area contributed by atoms with Crippen LogP contribution in [-0.4, -0.2) is 4.99 Å². The summed E-state index contributed by atoms with van der Waals surface area (Å²) in [5.74, 6) is 0.212. The first kappa shape index (κ1) is 15.2. The van der Waals surface area contributed by atoms with Gasteiger partial charge in [0.1, 0.15) is 23.2 Å². The van der Waals surface area contributed by atoms with Gasteiger partial charge in [-0.05, 0) is 40.2 Å². The molecule has 2 aromatic carbocycles. The van der Waals surface area contributed by atoms with Crippen molar-refractivity contribution in [2.45, 2.75) is 6.61 Å². The molecule has 0 bridgehead atoms. The fourth-order valence-electron chi connectivity index (χ4n) is 1.57. The Hall–Kier alpha value is -1.17. The third-order valence-corrected chi connectivity index (χ3v) is 3.82. The van der Waals surface area contributed by atoms with Crippen LogP contribution >= 0.6 is 39.7 Å². The van der Waals surface area contributed by atoms with Crippen LogP contribution in [0.2, 0.25) is 5.02 Å². The third-order valence-electron chi connectivity index (χ3n) is 2.61. The van der Waals surface area contributed by atoms with E-state index in [1.54, 1.807) is 24.3 Å². The van der Waals surface area contributed by atoms with Gasteiger partial charge in [-0.15, -0.1) is 0 Å². The molecule has 0 fully saturated rings. The molecule has 2 aromatic rings. The number of thiocarbonyl (C=S) groups is 1. The second-order valence-electron chi connectivity index (χ2n) is 4.03. The van der Waals surface area contributed by atoms with Crippen LogP contribution in [0.15, 0.2) is 40.9 Å². The van der Waals surface area contributed by atoms with Gasteiger partial charge in [0.15, 0.2) is 0 Å². The monoisotopic (exact) mass is 373 g/mol. The van der Waals surface area contributed by atoms with Crippen molar-refractivity contribution in [1.82, 2.24) is 0 Å². The number of halogens is 3. The maximum atomic E-state index is 13.0. The lowest BCUT2D eigenvalue weighted by atomic mass is 10.1. The second-order valence-corrected chi connectivity index (χ2v) is 5.74. The van der Waals surface area contributed by atoms with Crippen molar-refractivity contribution in [2.75, 3.05) is 0 Å². The summed E-state index contributed by atoms with van der Waals surface area (Å²) in [7, 11) is 0. The SMILES string of the molecule is NC(=S)c1ccc(COc2ccc(F)cc2Br)c(Cl)c1. The highest BCUT2D eigenvalue weighted by Gasteiger charge is 2.07. The summed E-state index contributed by atoms with van der Waals surface area (Å²) in [4.78, 5) is 0.292. The van der Waals surface area contributed by atoms with Crippen molar-refractivity contribution in [3.05, 3.63) is 62.8 Å². The van der Waals surface area contributed by atoms with Gasteiger partial charge in [-0.1, -0.05) is 36.0 Å². The first-order valence-electron chi connectivity index (χ1n) is 5.63. The van der Waals surface area contributed by atoms with Gasteiger partial charge < -0.3 is 10.5 Å². The topological polar surface area (TPSA) is 35.2 Å². The molecule has 0 amide bonds. The van der Waals surface area contributed by atoms with Crippen molar-refractivity contribution in [3.63, 3.8) is 0 Å². The van der Waals surface area contributed by atoms with Crippen LogP contribution in [0.3, 0.4) is 0 Å². The van der Waals surface area contributed by atoms with Crippen molar-refractivity contribution in [3.8, 4) is 5.75 Å². The minimum Gasteiger partial charge on any atom is -0.488 e. The van der Waals surface area contributed by atoms with Gasteiger partial charge in [-0.25, -0.2) is 4.39 Å². The molecule has 0 spiro atoms. The van der Waals surface area contributed by atoms with Crippen molar-refractivity contribution in [2.24, 2.45) is 5.73 Å². The Bertz CT molecular complexity index is 666. The lowest BCUT2D eigenvalue weighted by molar-refractivity contribution is 0.304. The zero-order valence-electron chi connectivity index (χ0n) is 10.2. The van der Waals surface area contributed by atoms with Gasteiger partial charge in [0.05, 0.1) is 4.47 Å². The summed E-state index contributed by atoms with van der Waals surface area (Å²) in [5.41, 5.74) is 7.03. The van der Waals surface area contributed by atoms with E-state index in [0.29, 0.717) is 25.8 Å². The molecule has 0 heterocycles. The predicted octanol–water partition coefficient (Wildman–Crippen LogP) is 4.45. The van der Waals surface area contributed by atoms with Crippen molar-refractivity contribution in [1.29, 1.82) is 0 Å². The lowest BCUT2D eigenvalue weighted by Crippen LogP contribution is -2.09. The molecular weight excluding hydrogens is 365 g/mol. The molecule has 0 atom stereocenters. The predicted molar refractivity (Wildman–Crippen MR) is 85.8 cm³/mol. The molecule has 6 heteroatoms. The Kier molecular flexibility index (Phi) is 4.96. The minimum absolute atomic E-state index is 0.265. The summed E-state index contributed by atoms with van der Waals surface area (Å²) in [5, 5.41) is 0.522. The van der Waals surface area contributed by atoms with Gasteiger partial charge in [0.2, 0.25) is 0 Å². The number of benzene rings is 2. The van der Waals surface area contributed by atoms with E-state index in [2.05, 4.69) is 15.9 Å². The normalized spacial score (nSPS) is 10.3. The Labute approximate surface area is 134 Å². The highest BCUT2D eigenvalue weighted by molar-refractivity contribution is 9.10. The summed E-state index contributed by atoms with van der Waals surface area (Å²) in [6.07, 6.45) is 0. The molecule has 0 aliphatic carbocycles. The molecule has 0 radical (unpaired) electrons. The third kappa shape index (κ3) is 3.69. The highest BCUT2D eigenvalue weighted by Crippen LogP contribution is 2.27. The zero-order valence-corrected chi connectivity index (χ0v) is 13.4. The quantitative estimate of drug-likeness (QED) is 0.803. The second kappa shape index (κ2) is 6.52. The maximum Gasteiger partial charge on any atom is 0.134 e. The van der Waals surface area contributed by atoms with Crippen LogP contribution in [0.25, 0.3) is 0 Å². The molecule has 104 valence electrons. The van der Waals surface area contributed by atoms with Crippen LogP contribution in [0, 0.1) is 5.82 Å². The largest absolute Gasteiger partial charge is 0.488 e. The van der Waals surface area contributed by atoms with Gasteiger partial charge in [-0.2, -0.15) is 0 Å². The Morgan fingerprint density at radius 3 is 2.65 bits per heavy atom. The smallest absolute Gasteiger partial charge is 0.134 e. The molecule has 0 unspecified atom stereocenters. The zero-order chi connectivity index (χ0) is 14.7. The van der Waals surface area contributed by atoms with E-state index in [-0.39, 0.29) is 12.4 Å². The van der Waals surface area contributed by atoms with E-state index in [1.807, 2.05) is 0 Å². The summed E-state index contributed by atoms with van der Waals surface area (Å²) >= 11 is 14.3. The number of hydrogen-bond donors (Lipinski definition) is 1. The molecule has 0 aliphatic heterocycles. The molecule has 2 N–H and O–H groups in total. The van der Waals surface area contributed by atoms with E-state index in [9.17, 15) is 4.39 Å². The standard InChI is InChI=1S/C14H10BrClFNOS/c15-11-6-10(17)3-4-13(11)19-7-9-2-1-8(14(18)20)5-12(9)16/h1-6H,7H2,(H2,18,20). The molecule has 0 saturated carbocycles. The number of hydrogen-bond acceptors (Lipinski definition) is 2. The molecular formula is C14H10BrClFNOS. The maximum absolute atomic E-state index is 13.0. The van der Waals surface area contributed by atoms with Gasteiger partial charge >= 0.3 is 0 Å². The minimum atomic E-state index is -0.330. The number of ether oxygens (including phenoxy) is 1. The van der Waals surface area contributed by atoms with E-state index < -0.39 is 0 Å². The Balaban J connectivity index is 2.13. The Morgan fingerprint density at radius 1 is 1.30 bits per heavy atom. The van der Waals surface area contributed by atoms with E-state index in [0.717, 1.165) is 5.56 Å². The van der Waals surface area contributed by atoms with Crippen molar-refractivity contribution < 1.29 is 9.13 Å². The van der Waals surface area contributed by atoms with Gasteiger partial charge in [-0.3, -0.25) is 0 Å². The molecule has 0 saturated heterocycles. The van der Waals surface area contributed by atoms with Crippen LogP contribution in [-0.2, 0) is 6.61 Å². The van der Waals surface area contributed by atoms with E-state index in [4.69, 9.17) is 34.3 Å². The molecule has 20 heavy (non-hydrogen) atoms. The first-order valence-corrected chi connectivity index (χ1v) is 7.21. The van der Waals surface area contributed by atoms with Crippen LogP contribution in [0.4, 0.5) is 4.39 Å². The fraction of sp³-hybridized carbons (Fsp3) is 0.0714. The molecule has 2 rings (SSSR count). The first-order chi connectivity index (χ1) is 9.47. The summed E-state index contributed by atoms with van der Waals surface area (Å²) in [6.45, 7) is 0.265. The van der Waals surface area contributed by atoms with Crippen molar-refractivity contribution >= 4 is 44.7 Å². The van der Waals surface area contributed by atoms with Crippen LogP contribution in [0.5, 0.6) is 5.75 Å². The average molecular weight is 375 g/mol. The summed E-state index contributed by atoms with van der Waals surface area (Å²) < 4.78 is 19.1. The van der Waals surface area contributed by atoms with E-state index >= 15 is 0 Å². The lowest BCUT2D eigenvalue weighted by Gasteiger charge is -2.10. The fourth-order valence-corrected chi connectivity index (χ4v) is 2.39. The Morgan fingerprint density at radius 2 is 2.05 bits per heavy atom. The van der Waals surface area contributed by atoms with Gasteiger partial charge in [0.25, 0.3) is 0 Å². The van der Waals surface area contributed by atoms with E-state index in [1.165, 1.54) is 12.1 Å². The molecule has 0 aromatic heterocycles. The van der Waals surface area contributed by atoms with Crippen LogP contribution in [0.1, 0.15) is 11.1 Å². The molecule has 2 nitrogen and oxygen atoms in total.